The summed E-state index contributed by atoms with van der Waals surface area (Å²) in [6, 6.07) is 19.7. The molecule has 3 aromatic rings. The first-order chi connectivity index (χ1) is 15.6. The quantitative estimate of drug-likeness (QED) is 0.606. The number of hydrogen-bond donors (Lipinski definition) is 1. The number of amides is 1. The lowest BCUT2D eigenvalue weighted by molar-refractivity contribution is -0.134. The van der Waals surface area contributed by atoms with Crippen LogP contribution in [0.5, 0.6) is 5.75 Å². The Balaban J connectivity index is 1.59. The largest absolute Gasteiger partial charge is 0.508 e. The van der Waals surface area contributed by atoms with Gasteiger partial charge in [0.1, 0.15) is 5.75 Å². The van der Waals surface area contributed by atoms with Gasteiger partial charge in [-0.3, -0.25) is 14.7 Å². The first kappa shape index (κ1) is 22.0. The Labute approximate surface area is 190 Å². The Morgan fingerprint density at radius 2 is 1.94 bits per heavy atom. The average molecular weight is 430 g/mol. The number of benzene rings is 2. The van der Waals surface area contributed by atoms with E-state index in [-0.39, 0.29) is 17.6 Å². The van der Waals surface area contributed by atoms with E-state index in [4.69, 9.17) is 0 Å². The molecule has 4 rings (SSSR count). The molecule has 1 fully saturated rings. The highest BCUT2D eigenvalue weighted by Crippen LogP contribution is 2.27. The Morgan fingerprint density at radius 1 is 1.06 bits per heavy atom. The van der Waals surface area contributed by atoms with Gasteiger partial charge in [-0.25, -0.2) is 0 Å². The predicted octanol–water partition coefficient (Wildman–Crippen LogP) is 4.37. The summed E-state index contributed by atoms with van der Waals surface area (Å²) in [6.07, 6.45) is 5.31. The monoisotopic (exact) mass is 429 g/mol. The molecule has 0 radical (unpaired) electrons. The summed E-state index contributed by atoms with van der Waals surface area (Å²) in [5.74, 6) is 0.411. The highest BCUT2D eigenvalue weighted by molar-refractivity contribution is 5.80. The summed E-state index contributed by atoms with van der Waals surface area (Å²) in [6.45, 7) is 5.92. The molecule has 1 amide bonds. The van der Waals surface area contributed by atoms with Gasteiger partial charge >= 0.3 is 0 Å². The Hall–Kier alpha value is -3.18. The van der Waals surface area contributed by atoms with Crippen molar-refractivity contribution in [3.05, 3.63) is 84.2 Å². The van der Waals surface area contributed by atoms with Gasteiger partial charge in [0.25, 0.3) is 0 Å². The Bertz CT molecular complexity index is 1040. The summed E-state index contributed by atoms with van der Waals surface area (Å²) in [4.78, 5) is 22.1. The minimum absolute atomic E-state index is 0.112. The van der Waals surface area contributed by atoms with Crippen molar-refractivity contribution < 1.29 is 9.90 Å². The first-order valence-electron chi connectivity index (χ1n) is 11.4. The maximum atomic E-state index is 13.5. The molecule has 1 aliphatic heterocycles. The van der Waals surface area contributed by atoms with Crippen LogP contribution in [0.1, 0.15) is 24.5 Å². The zero-order valence-electron chi connectivity index (χ0n) is 18.7. The number of carbonyl (C=O) groups excluding carboxylic acids is 1. The van der Waals surface area contributed by atoms with Gasteiger partial charge in [0.05, 0.1) is 5.92 Å². The van der Waals surface area contributed by atoms with Crippen LogP contribution in [0.4, 0.5) is 0 Å². The third-order valence-corrected chi connectivity index (χ3v) is 6.09. The fourth-order valence-electron chi connectivity index (χ4n) is 4.58. The van der Waals surface area contributed by atoms with E-state index < -0.39 is 0 Å². The van der Waals surface area contributed by atoms with Crippen LogP contribution in [0.25, 0.3) is 11.1 Å². The van der Waals surface area contributed by atoms with Gasteiger partial charge in [0.15, 0.2) is 0 Å². The second-order valence-corrected chi connectivity index (χ2v) is 8.53. The van der Waals surface area contributed by atoms with Crippen molar-refractivity contribution in [3.8, 4) is 16.9 Å². The van der Waals surface area contributed by atoms with E-state index in [1.807, 2.05) is 47.5 Å². The smallest absolute Gasteiger partial charge is 0.227 e. The average Bonchev–Trinajstić information content (AvgIpc) is 2.94. The summed E-state index contributed by atoms with van der Waals surface area (Å²) >= 11 is 0. The van der Waals surface area contributed by atoms with Gasteiger partial charge in [0.2, 0.25) is 5.91 Å². The summed E-state index contributed by atoms with van der Waals surface area (Å²) in [5.41, 5.74) is 4.45. The molecule has 0 aliphatic carbocycles. The van der Waals surface area contributed by atoms with Crippen LogP contribution in [0.3, 0.4) is 0 Å². The van der Waals surface area contributed by atoms with Crippen molar-refractivity contribution in [2.45, 2.75) is 26.3 Å². The molecule has 32 heavy (non-hydrogen) atoms. The lowest BCUT2D eigenvalue weighted by atomic mass is 9.91. The van der Waals surface area contributed by atoms with E-state index in [9.17, 15) is 9.90 Å². The van der Waals surface area contributed by atoms with Crippen LogP contribution in [0.15, 0.2) is 73.1 Å². The SMILES string of the molecule is CCCN1CCN(Cc2cccc(O)c2)C[C@H](Cc2ccccc2-c2cccnc2)C1=O. The lowest BCUT2D eigenvalue weighted by Crippen LogP contribution is -2.37. The molecular weight excluding hydrogens is 398 g/mol. The van der Waals surface area contributed by atoms with Gasteiger partial charge in [0, 0.05) is 50.7 Å². The van der Waals surface area contributed by atoms with E-state index in [0.717, 1.165) is 49.3 Å². The van der Waals surface area contributed by atoms with Crippen molar-refractivity contribution in [2.75, 3.05) is 26.2 Å². The third kappa shape index (κ3) is 5.35. The van der Waals surface area contributed by atoms with Crippen molar-refractivity contribution >= 4 is 5.91 Å². The maximum absolute atomic E-state index is 13.5. The minimum atomic E-state index is -0.112. The molecule has 2 aromatic carbocycles. The number of hydrogen-bond acceptors (Lipinski definition) is 4. The van der Waals surface area contributed by atoms with Crippen LogP contribution in [-0.4, -0.2) is 52.0 Å². The molecule has 0 unspecified atom stereocenters. The van der Waals surface area contributed by atoms with Gasteiger partial charge < -0.3 is 10.0 Å². The number of pyridine rings is 1. The Kier molecular flexibility index (Phi) is 7.17. The second kappa shape index (κ2) is 10.4. The molecule has 1 saturated heterocycles. The number of aromatic hydroxyl groups is 1. The second-order valence-electron chi connectivity index (χ2n) is 8.53. The molecule has 2 heterocycles. The molecule has 5 nitrogen and oxygen atoms in total. The molecule has 0 bridgehead atoms. The highest BCUT2D eigenvalue weighted by atomic mass is 16.3. The van der Waals surface area contributed by atoms with E-state index in [1.54, 1.807) is 12.3 Å². The van der Waals surface area contributed by atoms with Gasteiger partial charge in [-0.05, 0) is 47.7 Å². The summed E-state index contributed by atoms with van der Waals surface area (Å²) in [7, 11) is 0. The molecule has 0 spiro atoms. The predicted molar refractivity (Wildman–Crippen MR) is 127 cm³/mol. The van der Waals surface area contributed by atoms with E-state index >= 15 is 0 Å². The molecule has 1 atom stereocenters. The van der Waals surface area contributed by atoms with Crippen molar-refractivity contribution in [2.24, 2.45) is 5.92 Å². The molecule has 1 N–H and O–H groups in total. The van der Waals surface area contributed by atoms with Crippen LogP contribution in [0, 0.1) is 5.92 Å². The number of nitrogens with zero attached hydrogens (tertiary/aromatic N) is 3. The van der Waals surface area contributed by atoms with Crippen molar-refractivity contribution in [1.82, 2.24) is 14.8 Å². The standard InChI is InChI=1S/C27H31N3O2/c1-2-13-30-15-14-29(19-21-7-5-10-25(31)16-21)20-24(27(30)32)17-22-8-3-4-11-26(22)23-9-6-12-28-18-23/h3-12,16,18,24,31H,2,13-15,17,19-20H2,1H3/t24-/m0/s1. The van der Waals surface area contributed by atoms with Gasteiger partial charge in [-0.15, -0.1) is 0 Å². The number of phenolic OH excluding ortho intramolecular Hbond substituents is 1. The van der Waals surface area contributed by atoms with Crippen molar-refractivity contribution in [3.63, 3.8) is 0 Å². The molecule has 1 aliphatic rings. The fraction of sp³-hybridized carbons (Fsp3) is 0.333. The molecule has 0 saturated carbocycles. The fourth-order valence-corrected chi connectivity index (χ4v) is 4.58. The van der Waals surface area contributed by atoms with Gasteiger partial charge in [-0.2, -0.15) is 0 Å². The van der Waals surface area contributed by atoms with E-state index in [1.165, 1.54) is 5.56 Å². The molecule has 5 heteroatoms. The zero-order valence-corrected chi connectivity index (χ0v) is 18.7. The van der Waals surface area contributed by atoms with Gasteiger partial charge in [-0.1, -0.05) is 49.4 Å². The van der Waals surface area contributed by atoms with Crippen LogP contribution < -0.4 is 0 Å². The molecule has 166 valence electrons. The number of rotatable bonds is 7. The number of phenols is 1. The summed E-state index contributed by atoms with van der Waals surface area (Å²) < 4.78 is 0. The molecular formula is C27H31N3O2. The third-order valence-electron chi connectivity index (χ3n) is 6.09. The molecule has 1 aromatic heterocycles. The minimum Gasteiger partial charge on any atom is -0.508 e. The normalized spacial score (nSPS) is 17.3. The van der Waals surface area contributed by atoms with Crippen LogP contribution >= 0.6 is 0 Å². The highest BCUT2D eigenvalue weighted by Gasteiger charge is 2.30. The topological polar surface area (TPSA) is 56.7 Å². The number of aromatic nitrogens is 1. The summed E-state index contributed by atoms with van der Waals surface area (Å²) in [5, 5.41) is 9.85. The lowest BCUT2D eigenvalue weighted by Gasteiger charge is -2.25. The first-order valence-corrected chi connectivity index (χ1v) is 11.4. The maximum Gasteiger partial charge on any atom is 0.227 e. The van der Waals surface area contributed by atoms with Crippen LogP contribution in [0.2, 0.25) is 0 Å². The van der Waals surface area contributed by atoms with Crippen LogP contribution in [-0.2, 0) is 17.8 Å². The number of carbonyl (C=O) groups is 1. The van der Waals surface area contributed by atoms with E-state index in [2.05, 4.69) is 35.0 Å². The van der Waals surface area contributed by atoms with Crippen molar-refractivity contribution in [1.29, 1.82) is 0 Å². The Morgan fingerprint density at radius 3 is 2.72 bits per heavy atom. The van der Waals surface area contributed by atoms with E-state index in [0.29, 0.717) is 13.0 Å². The zero-order chi connectivity index (χ0) is 22.3.